The van der Waals surface area contributed by atoms with Gasteiger partial charge in [0.15, 0.2) is 0 Å². The molecule has 1 amide bonds. The second kappa shape index (κ2) is 6.96. The Morgan fingerprint density at radius 1 is 1.08 bits per heavy atom. The highest BCUT2D eigenvalue weighted by atomic mass is 16.1. The van der Waals surface area contributed by atoms with Gasteiger partial charge in [0.25, 0.3) is 5.91 Å². The molecule has 0 unspecified atom stereocenters. The van der Waals surface area contributed by atoms with Gasteiger partial charge in [-0.15, -0.1) is 0 Å². The molecular weight excluding hydrogens is 310 g/mol. The van der Waals surface area contributed by atoms with Crippen molar-refractivity contribution in [1.82, 2.24) is 9.88 Å². The molecule has 0 atom stereocenters. The molecule has 0 spiro atoms. The van der Waals surface area contributed by atoms with Gasteiger partial charge in [0.1, 0.15) is 5.69 Å². The van der Waals surface area contributed by atoms with Gasteiger partial charge >= 0.3 is 0 Å². The molecule has 1 saturated carbocycles. The third-order valence-electron chi connectivity index (χ3n) is 5.68. The van der Waals surface area contributed by atoms with Gasteiger partial charge in [-0.3, -0.25) is 14.7 Å². The van der Waals surface area contributed by atoms with Crippen molar-refractivity contribution in [2.75, 3.05) is 13.1 Å². The topological polar surface area (TPSA) is 59.2 Å². The predicted octanol–water partition coefficient (Wildman–Crippen LogP) is 2.72. The highest BCUT2D eigenvalue weighted by molar-refractivity contribution is 5.90. The zero-order chi connectivity index (χ0) is 17.2. The minimum absolute atomic E-state index is 0.321. The van der Waals surface area contributed by atoms with Crippen LogP contribution in [0, 0.1) is 0 Å². The SMILES string of the molecule is NC(=O)c1ccc(Cc2ccc3c(c2)CCN(C2CCC2)CC3)cn1. The number of aromatic nitrogens is 1. The molecule has 0 saturated heterocycles. The number of fused-ring (bicyclic) bond motifs is 1. The Morgan fingerprint density at radius 2 is 1.84 bits per heavy atom. The Balaban J connectivity index is 1.46. The van der Waals surface area contributed by atoms with Crippen LogP contribution in [0.4, 0.5) is 0 Å². The van der Waals surface area contributed by atoms with Crippen LogP contribution in [0.5, 0.6) is 0 Å². The second-order valence-corrected chi connectivity index (χ2v) is 7.32. The number of carbonyl (C=O) groups is 1. The number of pyridine rings is 1. The molecule has 1 aliphatic carbocycles. The molecule has 4 rings (SSSR count). The van der Waals surface area contributed by atoms with Crippen LogP contribution in [0.1, 0.15) is 52.0 Å². The van der Waals surface area contributed by atoms with Crippen molar-refractivity contribution in [3.05, 3.63) is 64.5 Å². The molecule has 2 aliphatic rings. The number of amides is 1. The summed E-state index contributed by atoms with van der Waals surface area (Å²) in [6.45, 7) is 2.39. The third kappa shape index (κ3) is 3.59. The van der Waals surface area contributed by atoms with Gasteiger partial charge in [0.2, 0.25) is 0 Å². The Bertz CT molecular complexity index is 765. The van der Waals surface area contributed by atoms with Crippen molar-refractivity contribution in [3.8, 4) is 0 Å². The molecule has 0 radical (unpaired) electrons. The number of benzene rings is 1. The summed E-state index contributed by atoms with van der Waals surface area (Å²) in [5.74, 6) is -0.479. The molecule has 2 heterocycles. The largest absolute Gasteiger partial charge is 0.364 e. The summed E-state index contributed by atoms with van der Waals surface area (Å²) in [4.78, 5) is 18.0. The van der Waals surface area contributed by atoms with Gasteiger partial charge in [0, 0.05) is 25.3 Å². The van der Waals surface area contributed by atoms with Gasteiger partial charge in [0.05, 0.1) is 0 Å². The van der Waals surface area contributed by atoms with Crippen LogP contribution in [0.3, 0.4) is 0 Å². The molecule has 4 nitrogen and oxygen atoms in total. The molecule has 2 N–H and O–H groups in total. The van der Waals surface area contributed by atoms with Gasteiger partial charge < -0.3 is 5.73 Å². The Labute approximate surface area is 149 Å². The van der Waals surface area contributed by atoms with Gasteiger partial charge in [-0.25, -0.2) is 0 Å². The van der Waals surface area contributed by atoms with E-state index in [9.17, 15) is 4.79 Å². The van der Waals surface area contributed by atoms with Gasteiger partial charge in [-0.1, -0.05) is 30.7 Å². The average molecular weight is 335 g/mol. The first-order chi connectivity index (χ1) is 12.2. The molecule has 2 aromatic rings. The third-order valence-corrected chi connectivity index (χ3v) is 5.68. The summed E-state index contributed by atoms with van der Waals surface area (Å²) in [6.07, 6.45) is 9.09. The molecule has 130 valence electrons. The Morgan fingerprint density at radius 3 is 2.48 bits per heavy atom. The monoisotopic (exact) mass is 335 g/mol. The fourth-order valence-corrected chi connectivity index (χ4v) is 3.93. The zero-order valence-electron chi connectivity index (χ0n) is 14.6. The molecule has 0 bridgehead atoms. The maximum atomic E-state index is 11.1. The van der Waals surface area contributed by atoms with Gasteiger partial charge in [-0.2, -0.15) is 0 Å². The van der Waals surface area contributed by atoms with Crippen molar-refractivity contribution < 1.29 is 4.79 Å². The molecular formula is C21H25N3O. The fraction of sp³-hybridized carbons (Fsp3) is 0.429. The Hall–Kier alpha value is -2.20. The normalized spacial score (nSPS) is 18.2. The maximum absolute atomic E-state index is 11.1. The molecule has 1 aromatic carbocycles. The minimum Gasteiger partial charge on any atom is -0.364 e. The highest BCUT2D eigenvalue weighted by Gasteiger charge is 2.26. The quantitative estimate of drug-likeness (QED) is 0.934. The summed E-state index contributed by atoms with van der Waals surface area (Å²) < 4.78 is 0. The fourth-order valence-electron chi connectivity index (χ4n) is 3.93. The summed E-state index contributed by atoms with van der Waals surface area (Å²) in [5.41, 5.74) is 11.0. The molecule has 1 aliphatic heterocycles. The van der Waals surface area contributed by atoms with E-state index in [0.29, 0.717) is 5.69 Å². The first-order valence-electron chi connectivity index (χ1n) is 9.28. The van der Waals surface area contributed by atoms with Crippen molar-refractivity contribution in [2.45, 2.75) is 44.6 Å². The average Bonchev–Trinajstić information content (AvgIpc) is 2.77. The summed E-state index contributed by atoms with van der Waals surface area (Å²) in [7, 11) is 0. The number of hydrogen-bond acceptors (Lipinski definition) is 3. The smallest absolute Gasteiger partial charge is 0.267 e. The zero-order valence-corrected chi connectivity index (χ0v) is 14.6. The summed E-state index contributed by atoms with van der Waals surface area (Å²) in [6, 6.07) is 11.4. The lowest BCUT2D eigenvalue weighted by Crippen LogP contribution is -2.41. The van der Waals surface area contributed by atoms with Crippen LogP contribution in [0.25, 0.3) is 0 Å². The van der Waals surface area contributed by atoms with E-state index >= 15 is 0 Å². The van der Waals surface area contributed by atoms with Crippen molar-refractivity contribution in [2.24, 2.45) is 5.73 Å². The molecule has 1 fully saturated rings. The highest BCUT2D eigenvalue weighted by Crippen LogP contribution is 2.27. The number of hydrogen-bond donors (Lipinski definition) is 1. The predicted molar refractivity (Wildman–Crippen MR) is 98.6 cm³/mol. The lowest BCUT2D eigenvalue weighted by atomic mass is 9.91. The van der Waals surface area contributed by atoms with Gasteiger partial charge in [-0.05, 0) is 60.4 Å². The second-order valence-electron chi connectivity index (χ2n) is 7.32. The number of carbonyl (C=O) groups excluding carboxylic acids is 1. The van der Waals surface area contributed by atoms with E-state index in [0.717, 1.165) is 24.4 Å². The molecule has 25 heavy (non-hydrogen) atoms. The van der Waals surface area contributed by atoms with E-state index < -0.39 is 5.91 Å². The first kappa shape index (κ1) is 16.3. The van der Waals surface area contributed by atoms with E-state index in [1.54, 1.807) is 12.3 Å². The van der Waals surface area contributed by atoms with Crippen LogP contribution < -0.4 is 5.73 Å². The molecule has 1 aromatic heterocycles. The lowest BCUT2D eigenvalue weighted by molar-refractivity contribution is 0.0995. The van der Waals surface area contributed by atoms with E-state index in [1.165, 1.54) is 55.5 Å². The summed E-state index contributed by atoms with van der Waals surface area (Å²) >= 11 is 0. The molecule has 4 heteroatoms. The number of rotatable bonds is 4. The van der Waals surface area contributed by atoms with Crippen LogP contribution in [-0.4, -0.2) is 34.9 Å². The number of nitrogens with two attached hydrogens (primary N) is 1. The van der Waals surface area contributed by atoms with E-state index in [1.807, 2.05) is 6.07 Å². The number of primary amides is 1. The van der Waals surface area contributed by atoms with Crippen LogP contribution in [-0.2, 0) is 19.3 Å². The van der Waals surface area contributed by atoms with E-state index in [-0.39, 0.29) is 0 Å². The maximum Gasteiger partial charge on any atom is 0.267 e. The summed E-state index contributed by atoms with van der Waals surface area (Å²) in [5, 5.41) is 0. The van der Waals surface area contributed by atoms with Crippen LogP contribution >= 0.6 is 0 Å². The van der Waals surface area contributed by atoms with Crippen LogP contribution in [0.15, 0.2) is 36.5 Å². The number of nitrogens with zero attached hydrogens (tertiary/aromatic N) is 2. The minimum atomic E-state index is -0.479. The van der Waals surface area contributed by atoms with Crippen LogP contribution in [0.2, 0.25) is 0 Å². The van der Waals surface area contributed by atoms with E-state index in [4.69, 9.17) is 5.73 Å². The Kier molecular flexibility index (Phi) is 4.53. The lowest BCUT2D eigenvalue weighted by Gasteiger charge is -2.36. The van der Waals surface area contributed by atoms with Crippen molar-refractivity contribution >= 4 is 5.91 Å². The van der Waals surface area contributed by atoms with E-state index in [2.05, 4.69) is 28.1 Å². The van der Waals surface area contributed by atoms with Crippen molar-refractivity contribution in [1.29, 1.82) is 0 Å². The standard InChI is InChI=1S/C21H25N3O/c22-21(25)20-7-5-16(14-23-20)12-15-4-6-17-8-10-24(19-2-1-3-19)11-9-18(17)13-15/h4-7,13-14,19H,1-3,8-12H2,(H2,22,25). The first-order valence-corrected chi connectivity index (χ1v) is 9.28. The van der Waals surface area contributed by atoms with Crippen molar-refractivity contribution in [3.63, 3.8) is 0 Å².